The van der Waals surface area contributed by atoms with E-state index in [-0.39, 0.29) is 72.4 Å². The highest BCUT2D eigenvalue weighted by molar-refractivity contribution is 5.96. The van der Waals surface area contributed by atoms with E-state index in [1.54, 1.807) is 27.9 Å². The van der Waals surface area contributed by atoms with Gasteiger partial charge in [0, 0.05) is 68.3 Å². The van der Waals surface area contributed by atoms with Crippen LogP contribution < -0.4 is 0 Å². The number of aliphatic hydroxyl groups is 3. The number of ether oxygens (including phenoxy) is 8. The molecule has 6 aliphatic rings. The van der Waals surface area contributed by atoms with E-state index in [1.165, 1.54) is 0 Å². The van der Waals surface area contributed by atoms with Crippen molar-refractivity contribution in [2.45, 2.75) is 212 Å². The Morgan fingerprint density at radius 2 is 1.61 bits per heavy atom. The molecule has 6 aliphatic heterocycles. The van der Waals surface area contributed by atoms with E-state index in [1.807, 2.05) is 33.8 Å². The smallest absolute Gasteiger partial charge is 0.306 e. The van der Waals surface area contributed by atoms with Crippen LogP contribution in [-0.2, 0) is 47.5 Å². The largest absolute Gasteiger partial charge is 0.481 e. The number of hydrogen-bond acceptors (Lipinski definition) is 13. The first-order valence-electron chi connectivity index (χ1n) is 23.2. The quantitative estimate of drug-likeness (QED) is 0.154. The topological polar surface area (TPSA) is 189 Å². The predicted octanol–water partition coefficient (Wildman–Crippen LogP) is 6.15. The number of carboxylic acid groups (broad SMARTS) is 1. The molecule has 14 heteroatoms. The third-order valence-corrected chi connectivity index (χ3v) is 15.9. The first kappa shape index (κ1) is 48.9. The summed E-state index contributed by atoms with van der Waals surface area (Å²) in [6.45, 7) is 20.9. The van der Waals surface area contributed by atoms with Gasteiger partial charge in [0.25, 0.3) is 0 Å². The Morgan fingerprint density at radius 3 is 2.25 bits per heavy atom. The molecular weight excluding hydrogens is 789 g/mol. The summed E-state index contributed by atoms with van der Waals surface area (Å²) in [5, 5.41) is 42.5. The van der Waals surface area contributed by atoms with Gasteiger partial charge in [-0.2, -0.15) is 0 Å². The minimum Gasteiger partial charge on any atom is -0.481 e. The second kappa shape index (κ2) is 18.7. The Hall–Kier alpha value is -1.56. The summed E-state index contributed by atoms with van der Waals surface area (Å²) in [6.07, 6.45) is 3.25. The van der Waals surface area contributed by atoms with Crippen LogP contribution in [0.2, 0.25) is 0 Å². The van der Waals surface area contributed by atoms with Gasteiger partial charge in [-0.3, -0.25) is 9.59 Å². The van der Waals surface area contributed by atoms with Crippen molar-refractivity contribution in [2.75, 3.05) is 13.7 Å². The number of hydrogen-bond donors (Lipinski definition) is 4. The number of allylic oxidation sites excluding steroid dienone is 1. The maximum absolute atomic E-state index is 13.4. The zero-order valence-electron chi connectivity index (χ0n) is 38.8. The van der Waals surface area contributed by atoms with E-state index in [4.69, 9.17) is 37.9 Å². The molecule has 61 heavy (non-hydrogen) atoms. The van der Waals surface area contributed by atoms with Gasteiger partial charge in [0.15, 0.2) is 29.4 Å². The Kier molecular flexibility index (Phi) is 15.0. The monoisotopic (exact) mass is 867 g/mol. The Morgan fingerprint density at radius 1 is 0.902 bits per heavy atom. The maximum atomic E-state index is 13.4. The summed E-state index contributed by atoms with van der Waals surface area (Å²) < 4.78 is 53.9. The van der Waals surface area contributed by atoms with Crippen molar-refractivity contribution in [3.05, 3.63) is 11.6 Å². The number of ketones is 1. The van der Waals surface area contributed by atoms with E-state index in [2.05, 4.69) is 27.7 Å². The number of aliphatic hydroxyl groups excluding tert-OH is 2. The molecule has 2 unspecified atom stereocenters. The highest BCUT2D eigenvalue weighted by Crippen LogP contribution is 2.56. The molecule has 0 radical (unpaired) electrons. The molecule has 350 valence electrons. The lowest BCUT2D eigenvalue weighted by Gasteiger charge is -2.54. The van der Waals surface area contributed by atoms with Crippen LogP contribution in [0.15, 0.2) is 11.6 Å². The number of carbonyl (C=O) groups is 2. The van der Waals surface area contributed by atoms with Gasteiger partial charge in [-0.25, -0.2) is 0 Å². The molecule has 6 saturated heterocycles. The lowest BCUT2D eigenvalue weighted by atomic mass is 9.76. The molecule has 0 aliphatic carbocycles. The molecule has 2 spiro atoms. The molecule has 0 bridgehead atoms. The molecule has 6 fully saturated rings. The van der Waals surface area contributed by atoms with Crippen molar-refractivity contribution in [3.63, 3.8) is 0 Å². The molecule has 6 heterocycles. The highest BCUT2D eigenvalue weighted by Gasteiger charge is 2.65. The van der Waals surface area contributed by atoms with E-state index in [0.717, 1.165) is 6.42 Å². The number of methoxy groups -OCH3 is 1. The zero-order chi connectivity index (χ0) is 45.0. The van der Waals surface area contributed by atoms with Crippen LogP contribution in [0, 0.1) is 47.3 Å². The first-order valence-corrected chi connectivity index (χ1v) is 23.2. The summed E-state index contributed by atoms with van der Waals surface area (Å²) in [4.78, 5) is 24.8. The molecule has 4 N–H and O–H groups in total. The van der Waals surface area contributed by atoms with Gasteiger partial charge < -0.3 is 58.3 Å². The van der Waals surface area contributed by atoms with Gasteiger partial charge in [0.1, 0.15) is 0 Å². The van der Waals surface area contributed by atoms with E-state index >= 15 is 0 Å². The van der Waals surface area contributed by atoms with Crippen molar-refractivity contribution in [3.8, 4) is 0 Å². The van der Waals surface area contributed by atoms with Crippen molar-refractivity contribution in [2.24, 2.45) is 47.3 Å². The summed E-state index contributed by atoms with van der Waals surface area (Å²) in [5.74, 6) is -7.01. The fourth-order valence-corrected chi connectivity index (χ4v) is 11.8. The zero-order valence-corrected chi connectivity index (χ0v) is 38.8. The second-order valence-corrected chi connectivity index (χ2v) is 20.6. The van der Waals surface area contributed by atoms with E-state index in [0.29, 0.717) is 44.1 Å². The third-order valence-electron chi connectivity index (χ3n) is 15.9. The number of rotatable bonds is 13. The molecule has 6 rings (SSSR count). The molecule has 0 aromatic carbocycles. The number of carboxylic acids is 1. The van der Waals surface area contributed by atoms with Crippen LogP contribution in [0.4, 0.5) is 0 Å². The Bertz CT molecular complexity index is 1570. The van der Waals surface area contributed by atoms with Crippen molar-refractivity contribution in [1.82, 2.24) is 0 Å². The molecular formula is C47H78O14. The van der Waals surface area contributed by atoms with Crippen LogP contribution in [0.5, 0.6) is 0 Å². The van der Waals surface area contributed by atoms with Gasteiger partial charge in [0.05, 0.1) is 67.0 Å². The van der Waals surface area contributed by atoms with Crippen LogP contribution in [0.25, 0.3) is 0 Å². The molecule has 0 aromatic heterocycles. The van der Waals surface area contributed by atoms with Crippen molar-refractivity contribution >= 4 is 11.8 Å². The Labute approximate surface area is 363 Å². The van der Waals surface area contributed by atoms with Crippen LogP contribution in [0.1, 0.15) is 134 Å². The third kappa shape index (κ3) is 9.71. The standard InChI is InChI=1S/C47H78O14/c1-24(40(50)25(2)18-28(5)43(51)52)17-26(3)41-31(8)34(49)22-45(59-41)16-15-44(11,61-45)38-21-36(56-39-14-13-35(54-12)33(10)55-39)32(9)47(58-38)30(7)20-37(57-47)42-27(4)19-29(6)46(53,23-48)60-42/h17,25-39,41-42,48-49,53H,13-16,18-23H2,1-12H3,(H,51,52)/b24-17+/t25-,26+,27+,28+,29-,30+,31-,32-,33+,34+,35+,36+,37-,38?,39-,41-,42?,44+,45-,46+,47+/m1/s1. The van der Waals surface area contributed by atoms with Crippen LogP contribution >= 0.6 is 0 Å². The molecule has 0 saturated carbocycles. The van der Waals surface area contributed by atoms with Crippen molar-refractivity contribution < 1.29 is 67.9 Å². The average Bonchev–Trinajstić information content (AvgIpc) is 3.71. The number of Topliss-reactive ketones (excluding diaryl/α,β-unsaturated/α-hetero) is 1. The normalized spacial score (nSPS) is 48.6. The average molecular weight is 867 g/mol. The number of carbonyl (C=O) groups excluding carboxylic acids is 1. The first-order chi connectivity index (χ1) is 28.5. The minimum absolute atomic E-state index is 0.0130. The number of aliphatic carboxylic acids is 1. The van der Waals surface area contributed by atoms with Crippen LogP contribution in [0.3, 0.4) is 0 Å². The predicted molar refractivity (Wildman–Crippen MR) is 224 cm³/mol. The summed E-state index contributed by atoms with van der Waals surface area (Å²) in [5.41, 5.74) is -0.326. The van der Waals surface area contributed by atoms with Gasteiger partial charge in [-0.15, -0.1) is 0 Å². The summed E-state index contributed by atoms with van der Waals surface area (Å²) in [6, 6.07) is 0. The fourth-order valence-electron chi connectivity index (χ4n) is 11.8. The molecule has 0 amide bonds. The molecule has 0 aromatic rings. The summed E-state index contributed by atoms with van der Waals surface area (Å²) >= 11 is 0. The summed E-state index contributed by atoms with van der Waals surface area (Å²) in [7, 11) is 1.70. The SMILES string of the molecule is CO[C@H]1CC[C@@H](O[C@H]2CC([C@]3(C)CC[C@]4(C[C@H](O)[C@@H](C)[C@@H]([C@@H](C)/C=C(\C)C(=O)[C@H](C)C[C@H](C)C(=O)O)O4)O3)O[C@]3(O[C@@H](C4O[C@@](O)(CO)[C@H](C)C[C@@H]4C)C[C@@H]3C)[C@@H]2C)O[C@H]1C. The van der Waals surface area contributed by atoms with Gasteiger partial charge in [-0.1, -0.05) is 61.5 Å². The second-order valence-electron chi connectivity index (χ2n) is 20.6. The lowest BCUT2D eigenvalue weighted by Crippen LogP contribution is -2.63. The van der Waals surface area contributed by atoms with Gasteiger partial charge in [-0.05, 0) is 64.4 Å². The lowest BCUT2D eigenvalue weighted by molar-refractivity contribution is -0.390. The Balaban J connectivity index is 1.24. The highest BCUT2D eigenvalue weighted by atomic mass is 16.8. The van der Waals surface area contributed by atoms with Gasteiger partial charge >= 0.3 is 5.97 Å². The fraction of sp³-hybridized carbons (Fsp3) is 0.915. The minimum atomic E-state index is -1.66. The van der Waals surface area contributed by atoms with E-state index in [9.17, 15) is 30.0 Å². The van der Waals surface area contributed by atoms with Crippen LogP contribution in [-0.4, -0.2) is 124 Å². The van der Waals surface area contributed by atoms with Gasteiger partial charge in [0.2, 0.25) is 0 Å². The maximum Gasteiger partial charge on any atom is 0.306 e. The molecule has 14 nitrogen and oxygen atoms in total. The van der Waals surface area contributed by atoms with E-state index < -0.39 is 84.2 Å². The molecule has 21 atom stereocenters. The van der Waals surface area contributed by atoms with Crippen molar-refractivity contribution in [1.29, 1.82) is 0 Å².